The molecule has 0 aromatic heterocycles. The van der Waals surface area contributed by atoms with Crippen molar-refractivity contribution >= 4 is 5.91 Å². The van der Waals surface area contributed by atoms with Crippen molar-refractivity contribution in [1.29, 1.82) is 0 Å². The van der Waals surface area contributed by atoms with E-state index in [0.717, 1.165) is 19.4 Å². The fourth-order valence-electron chi connectivity index (χ4n) is 3.22. The standard InChI is InChI=1S/C16H25N3O/c1-11-6-4-7-13(10-11)15(12(2)17)19-9-5-8-14(19)16(20)18-3/h4,6-7,10,12,14-15H,5,8-9,17H2,1-3H3,(H,18,20). The predicted molar refractivity (Wildman–Crippen MR) is 81.4 cm³/mol. The van der Waals surface area contributed by atoms with Crippen LogP contribution in [0.1, 0.15) is 36.9 Å². The van der Waals surface area contributed by atoms with E-state index in [2.05, 4.69) is 41.4 Å². The average Bonchev–Trinajstić information content (AvgIpc) is 2.87. The van der Waals surface area contributed by atoms with E-state index in [9.17, 15) is 4.79 Å². The molecule has 20 heavy (non-hydrogen) atoms. The summed E-state index contributed by atoms with van der Waals surface area (Å²) in [5, 5.41) is 2.77. The van der Waals surface area contributed by atoms with Gasteiger partial charge >= 0.3 is 0 Å². The quantitative estimate of drug-likeness (QED) is 0.877. The third-order valence-corrected chi connectivity index (χ3v) is 4.08. The minimum atomic E-state index is -0.0588. The van der Waals surface area contributed by atoms with Crippen LogP contribution in [-0.2, 0) is 4.79 Å². The summed E-state index contributed by atoms with van der Waals surface area (Å²) >= 11 is 0. The Labute approximate surface area is 121 Å². The molecule has 1 fully saturated rings. The number of carbonyl (C=O) groups excluding carboxylic acids is 1. The van der Waals surface area contributed by atoms with Crippen LogP contribution in [0.3, 0.4) is 0 Å². The zero-order valence-electron chi connectivity index (χ0n) is 12.6. The molecule has 4 heteroatoms. The number of rotatable bonds is 4. The minimum Gasteiger partial charge on any atom is -0.358 e. The number of amides is 1. The van der Waals surface area contributed by atoms with E-state index in [1.807, 2.05) is 6.92 Å². The number of hydrogen-bond acceptors (Lipinski definition) is 3. The number of hydrogen-bond donors (Lipinski definition) is 2. The minimum absolute atomic E-state index is 0.0120. The number of aryl methyl sites for hydroxylation is 1. The van der Waals surface area contributed by atoms with E-state index in [1.165, 1.54) is 11.1 Å². The van der Waals surface area contributed by atoms with Crippen LogP contribution in [0, 0.1) is 6.92 Å². The molecule has 1 amide bonds. The van der Waals surface area contributed by atoms with Gasteiger partial charge in [0.25, 0.3) is 0 Å². The predicted octanol–water partition coefficient (Wildman–Crippen LogP) is 1.59. The van der Waals surface area contributed by atoms with Crippen LogP contribution in [0.25, 0.3) is 0 Å². The number of nitrogens with two attached hydrogens (primary N) is 1. The van der Waals surface area contributed by atoms with Crippen LogP contribution < -0.4 is 11.1 Å². The molecule has 1 aromatic carbocycles. The summed E-state index contributed by atoms with van der Waals surface area (Å²) in [5.74, 6) is 0.0980. The summed E-state index contributed by atoms with van der Waals surface area (Å²) in [5.41, 5.74) is 8.66. The van der Waals surface area contributed by atoms with Crippen LogP contribution in [-0.4, -0.2) is 36.5 Å². The molecule has 3 N–H and O–H groups in total. The van der Waals surface area contributed by atoms with E-state index in [0.29, 0.717) is 0 Å². The zero-order chi connectivity index (χ0) is 14.7. The average molecular weight is 275 g/mol. The Bertz CT molecular complexity index is 473. The third kappa shape index (κ3) is 3.02. The normalized spacial score (nSPS) is 22.5. The van der Waals surface area contributed by atoms with Gasteiger partial charge in [-0.3, -0.25) is 9.69 Å². The molecule has 3 atom stereocenters. The van der Waals surface area contributed by atoms with Gasteiger partial charge in [0, 0.05) is 13.1 Å². The highest BCUT2D eigenvalue weighted by Gasteiger charge is 2.37. The summed E-state index contributed by atoms with van der Waals surface area (Å²) < 4.78 is 0. The molecule has 4 nitrogen and oxygen atoms in total. The maximum absolute atomic E-state index is 12.1. The number of benzene rings is 1. The lowest BCUT2D eigenvalue weighted by Gasteiger charge is -2.35. The Balaban J connectivity index is 2.31. The number of carbonyl (C=O) groups is 1. The van der Waals surface area contributed by atoms with Gasteiger partial charge in [-0.15, -0.1) is 0 Å². The molecule has 1 aliphatic heterocycles. The van der Waals surface area contributed by atoms with Crippen molar-refractivity contribution in [3.8, 4) is 0 Å². The van der Waals surface area contributed by atoms with Gasteiger partial charge in [-0.2, -0.15) is 0 Å². The molecule has 0 saturated carbocycles. The Hall–Kier alpha value is -1.39. The summed E-state index contributed by atoms with van der Waals surface area (Å²) in [6.07, 6.45) is 1.96. The Morgan fingerprint density at radius 2 is 2.25 bits per heavy atom. The van der Waals surface area contributed by atoms with Gasteiger partial charge in [0.05, 0.1) is 12.1 Å². The van der Waals surface area contributed by atoms with Gasteiger partial charge in [-0.25, -0.2) is 0 Å². The Kier molecular flexibility index (Phi) is 4.78. The second-order valence-corrected chi connectivity index (χ2v) is 5.73. The van der Waals surface area contributed by atoms with Crippen LogP contribution in [0.15, 0.2) is 24.3 Å². The Morgan fingerprint density at radius 3 is 2.85 bits per heavy atom. The van der Waals surface area contributed by atoms with Crippen molar-refractivity contribution in [3.05, 3.63) is 35.4 Å². The van der Waals surface area contributed by atoms with E-state index in [1.54, 1.807) is 7.05 Å². The number of likely N-dealkylation sites (tertiary alicyclic amines) is 1. The van der Waals surface area contributed by atoms with Crippen molar-refractivity contribution in [2.24, 2.45) is 5.73 Å². The lowest BCUT2D eigenvalue weighted by Crippen LogP contribution is -2.48. The molecular formula is C16H25N3O. The lowest BCUT2D eigenvalue weighted by atomic mass is 9.96. The molecular weight excluding hydrogens is 250 g/mol. The second-order valence-electron chi connectivity index (χ2n) is 5.73. The molecule has 110 valence electrons. The van der Waals surface area contributed by atoms with Gasteiger partial charge in [0.15, 0.2) is 0 Å². The topological polar surface area (TPSA) is 58.4 Å². The van der Waals surface area contributed by atoms with E-state index in [-0.39, 0.29) is 24.0 Å². The molecule has 1 aromatic rings. The van der Waals surface area contributed by atoms with Gasteiger partial charge in [-0.05, 0) is 38.8 Å². The summed E-state index contributed by atoms with van der Waals surface area (Å²) in [4.78, 5) is 14.3. The second kappa shape index (κ2) is 6.37. The Morgan fingerprint density at radius 1 is 1.50 bits per heavy atom. The first-order valence-electron chi connectivity index (χ1n) is 7.34. The van der Waals surface area contributed by atoms with E-state index >= 15 is 0 Å². The summed E-state index contributed by atoms with van der Waals surface area (Å²) in [6, 6.07) is 8.46. The van der Waals surface area contributed by atoms with Crippen molar-refractivity contribution in [2.45, 2.75) is 44.8 Å². The van der Waals surface area contributed by atoms with Gasteiger partial charge in [-0.1, -0.05) is 29.8 Å². The van der Waals surface area contributed by atoms with Crippen LogP contribution in [0.5, 0.6) is 0 Å². The van der Waals surface area contributed by atoms with Gasteiger partial charge < -0.3 is 11.1 Å². The van der Waals surface area contributed by atoms with Crippen molar-refractivity contribution < 1.29 is 4.79 Å². The molecule has 0 spiro atoms. The van der Waals surface area contributed by atoms with Crippen LogP contribution in [0.2, 0.25) is 0 Å². The largest absolute Gasteiger partial charge is 0.358 e. The van der Waals surface area contributed by atoms with Crippen molar-refractivity contribution in [3.63, 3.8) is 0 Å². The molecule has 0 bridgehead atoms. The highest BCUT2D eigenvalue weighted by atomic mass is 16.2. The van der Waals surface area contributed by atoms with Gasteiger partial charge in [0.2, 0.25) is 5.91 Å². The van der Waals surface area contributed by atoms with Gasteiger partial charge in [0.1, 0.15) is 0 Å². The molecule has 0 aliphatic carbocycles. The van der Waals surface area contributed by atoms with Crippen molar-refractivity contribution in [2.75, 3.05) is 13.6 Å². The first-order chi connectivity index (χ1) is 9.54. The summed E-state index contributed by atoms with van der Waals surface area (Å²) in [6.45, 7) is 5.03. The first kappa shape index (κ1) is 15.0. The summed E-state index contributed by atoms with van der Waals surface area (Å²) in [7, 11) is 1.70. The SMILES string of the molecule is CNC(=O)C1CCCN1C(c1cccc(C)c1)C(C)N. The maximum Gasteiger partial charge on any atom is 0.237 e. The smallest absolute Gasteiger partial charge is 0.237 e. The molecule has 3 unspecified atom stereocenters. The molecule has 2 rings (SSSR count). The first-order valence-corrected chi connectivity index (χ1v) is 7.34. The van der Waals surface area contributed by atoms with Crippen LogP contribution >= 0.6 is 0 Å². The zero-order valence-corrected chi connectivity index (χ0v) is 12.6. The highest BCUT2D eigenvalue weighted by molar-refractivity contribution is 5.81. The number of nitrogens with one attached hydrogen (secondary N) is 1. The molecule has 1 saturated heterocycles. The monoisotopic (exact) mass is 275 g/mol. The molecule has 0 radical (unpaired) electrons. The lowest BCUT2D eigenvalue weighted by molar-refractivity contribution is -0.125. The maximum atomic E-state index is 12.1. The molecule has 1 aliphatic rings. The van der Waals surface area contributed by atoms with Crippen LogP contribution in [0.4, 0.5) is 0 Å². The molecule has 1 heterocycles. The highest BCUT2D eigenvalue weighted by Crippen LogP contribution is 2.31. The third-order valence-electron chi connectivity index (χ3n) is 4.08. The fraction of sp³-hybridized carbons (Fsp3) is 0.562. The number of likely N-dealkylation sites (N-methyl/N-ethyl adjacent to an activating group) is 1. The fourth-order valence-corrected chi connectivity index (χ4v) is 3.22. The number of nitrogens with zero attached hydrogens (tertiary/aromatic N) is 1. The van der Waals surface area contributed by atoms with E-state index < -0.39 is 0 Å². The van der Waals surface area contributed by atoms with E-state index in [4.69, 9.17) is 5.73 Å². The van der Waals surface area contributed by atoms with Crippen molar-refractivity contribution in [1.82, 2.24) is 10.2 Å².